The van der Waals surface area contributed by atoms with Gasteiger partial charge in [0.05, 0.1) is 19.8 Å². The Hall–Kier alpha value is -3.08. The molecule has 0 aromatic carbocycles. The molecule has 0 spiro atoms. The van der Waals surface area contributed by atoms with Gasteiger partial charge in [0.15, 0.2) is 6.10 Å². The second-order valence-corrected chi connectivity index (χ2v) is 19.8. The van der Waals surface area contributed by atoms with Crippen LogP contribution < -0.4 is 0 Å². The average Bonchev–Trinajstić information content (AvgIpc) is 3.35. The zero-order valence-corrected chi connectivity index (χ0v) is 45.4. The van der Waals surface area contributed by atoms with Gasteiger partial charge in [-0.2, -0.15) is 0 Å². The molecule has 3 atom stereocenters. The molecule has 404 valence electrons. The maximum Gasteiger partial charge on any atom is 0.472 e. The summed E-state index contributed by atoms with van der Waals surface area (Å²) in [5.41, 5.74) is 0. The lowest BCUT2D eigenvalue weighted by atomic mass is 10.0. The van der Waals surface area contributed by atoms with Crippen LogP contribution in [-0.4, -0.2) is 66.5 Å². The Morgan fingerprint density at radius 1 is 0.414 bits per heavy atom. The highest BCUT2D eigenvalue weighted by molar-refractivity contribution is 7.47. The first-order valence-electron chi connectivity index (χ1n) is 27.8. The second kappa shape index (κ2) is 52.2. The molecule has 0 radical (unpaired) electrons. The molecular formula is C58H101O11P. The summed E-state index contributed by atoms with van der Waals surface area (Å²) in [6, 6.07) is 0. The molecule has 0 saturated heterocycles. The van der Waals surface area contributed by atoms with Gasteiger partial charge < -0.3 is 24.2 Å². The van der Waals surface area contributed by atoms with Crippen LogP contribution in [0.2, 0.25) is 0 Å². The van der Waals surface area contributed by atoms with E-state index in [-0.39, 0.29) is 25.9 Å². The Morgan fingerprint density at radius 3 is 1.16 bits per heavy atom. The minimum absolute atomic E-state index is 0.149. The van der Waals surface area contributed by atoms with Crippen molar-refractivity contribution in [1.82, 2.24) is 0 Å². The number of aliphatic hydroxyl groups excluding tert-OH is 1. The lowest BCUT2D eigenvalue weighted by Crippen LogP contribution is -2.30. The van der Waals surface area contributed by atoms with Gasteiger partial charge in [-0.25, -0.2) is 4.57 Å². The molecule has 2 N–H and O–H groups in total. The number of hydrogen-bond acceptors (Lipinski definition) is 10. The first-order valence-corrected chi connectivity index (χ1v) is 29.3. The molecule has 0 bridgehead atoms. The van der Waals surface area contributed by atoms with Crippen molar-refractivity contribution in [3.05, 3.63) is 72.9 Å². The largest absolute Gasteiger partial charge is 0.472 e. The summed E-state index contributed by atoms with van der Waals surface area (Å²) in [6.45, 7) is 4.38. The van der Waals surface area contributed by atoms with Gasteiger partial charge in [-0.1, -0.05) is 209 Å². The number of unbranched alkanes of at least 4 members (excludes halogenated alkanes) is 22. The second-order valence-electron chi connectivity index (χ2n) is 18.3. The van der Waals surface area contributed by atoms with Gasteiger partial charge in [0, 0.05) is 19.3 Å². The standard InChI is InChI=1S/C58H101O11P/c1-4-7-10-13-16-19-22-25-26-27-28-31-34-37-40-43-46-49-58(62)69-55(51-65-56(60)47-44-41-38-35-32-29-23-20-17-14-11-8-5-2)53-67-70(63,64)66-52-54(50-59)68-57(61)48-45-42-39-36-33-30-24-21-18-15-12-9-6-3/h7-8,10-11,16-17,19-20,25-26,29,32,54-55,59H,4-6,9,12-15,18,21-24,27-28,30-31,33-53H2,1-3H3,(H,63,64)/b10-7-,11-8-,19-16-,20-17-,26-25-,32-29-. The van der Waals surface area contributed by atoms with Crippen LogP contribution in [0, 0.1) is 0 Å². The number of carbonyl (C=O) groups excluding carboxylic acids is 3. The molecule has 0 aliphatic carbocycles. The normalized spacial score (nSPS) is 14.0. The van der Waals surface area contributed by atoms with Gasteiger partial charge in [-0.05, 0) is 83.5 Å². The van der Waals surface area contributed by atoms with Gasteiger partial charge in [-0.15, -0.1) is 0 Å². The van der Waals surface area contributed by atoms with Crippen molar-refractivity contribution in [1.29, 1.82) is 0 Å². The summed E-state index contributed by atoms with van der Waals surface area (Å²) in [4.78, 5) is 48.4. The molecule has 0 aliphatic rings. The SMILES string of the molecule is CC/C=C\C/C=C\C/C=C\CCCCCCCCCC(=O)OC(COC(=O)CCCCC/C=C\C/C=C\C/C=C\CC)COP(=O)(O)OCC(CO)OC(=O)CCCCCCCCCCCCCCC. The molecular weight excluding hydrogens is 904 g/mol. The first kappa shape index (κ1) is 66.9. The third-order valence-electron chi connectivity index (χ3n) is 11.6. The van der Waals surface area contributed by atoms with Crippen LogP contribution in [0.3, 0.4) is 0 Å². The summed E-state index contributed by atoms with van der Waals surface area (Å²) in [5.74, 6) is -1.51. The highest BCUT2D eigenvalue weighted by Gasteiger charge is 2.28. The van der Waals surface area contributed by atoms with Gasteiger partial charge in [0.2, 0.25) is 0 Å². The van der Waals surface area contributed by atoms with E-state index < -0.39 is 57.8 Å². The smallest absolute Gasteiger partial charge is 0.462 e. The van der Waals surface area contributed by atoms with Gasteiger partial charge in [0.25, 0.3) is 0 Å². The Bertz CT molecular complexity index is 1450. The van der Waals surface area contributed by atoms with Crippen LogP contribution in [0.1, 0.15) is 239 Å². The molecule has 0 aromatic heterocycles. The van der Waals surface area contributed by atoms with E-state index in [2.05, 4.69) is 93.7 Å². The van der Waals surface area contributed by atoms with E-state index in [1.165, 1.54) is 64.2 Å². The Kier molecular flexibility index (Phi) is 50.0. The highest BCUT2D eigenvalue weighted by Crippen LogP contribution is 2.43. The van der Waals surface area contributed by atoms with Crippen LogP contribution >= 0.6 is 7.82 Å². The maximum atomic E-state index is 12.9. The number of aliphatic hydroxyl groups is 1. The van der Waals surface area contributed by atoms with Crippen molar-refractivity contribution >= 4 is 25.7 Å². The monoisotopic (exact) mass is 1000 g/mol. The maximum absolute atomic E-state index is 12.9. The van der Waals surface area contributed by atoms with Crippen molar-refractivity contribution in [2.24, 2.45) is 0 Å². The Morgan fingerprint density at radius 2 is 0.743 bits per heavy atom. The van der Waals surface area contributed by atoms with Crippen molar-refractivity contribution in [2.45, 2.75) is 251 Å². The number of ether oxygens (including phenoxy) is 3. The van der Waals surface area contributed by atoms with E-state index >= 15 is 0 Å². The highest BCUT2D eigenvalue weighted by atomic mass is 31.2. The molecule has 0 rings (SSSR count). The van der Waals surface area contributed by atoms with E-state index in [4.69, 9.17) is 23.3 Å². The van der Waals surface area contributed by atoms with E-state index in [0.717, 1.165) is 116 Å². The van der Waals surface area contributed by atoms with Crippen molar-refractivity contribution in [2.75, 3.05) is 26.4 Å². The first-order chi connectivity index (χ1) is 34.2. The Labute approximate surface area is 427 Å². The lowest BCUT2D eigenvalue weighted by molar-refractivity contribution is -0.161. The van der Waals surface area contributed by atoms with E-state index in [0.29, 0.717) is 19.3 Å². The Balaban J connectivity index is 4.76. The zero-order chi connectivity index (χ0) is 51.3. The number of phosphoric acid groups is 1. The molecule has 3 unspecified atom stereocenters. The molecule has 0 aromatic rings. The zero-order valence-electron chi connectivity index (χ0n) is 44.5. The number of rotatable bonds is 51. The van der Waals surface area contributed by atoms with Crippen LogP contribution in [0.15, 0.2) is 72.9 Å². The lowest BCUT2D eigenvalue weighted by Gasteiger charge is -2.21. The van der Waals surface area contributed by atoms with Crippen LogP contribution in [-0.2, 0) is 42.2 Å². The minimum Gasteiger partial charge on any atom is -0.462 e. The number of carbonyl (C=O) groups is 3. The fourth-order valence-electron chi connectivity index (χ4n) is 7.44. The molecule has 0 amide bonds. The van der Waals surface area contributed by atoms with E-state index in [1.807, 2.05) is 0 Å². The summed E-state index contributed by atoms with van der Waals surface area (Å²) in [7, 11) is -4.75. The van der Waals surface area contributed by atoms with Crippen LogP contribution in [0.25, 0.3) is 0 Å². The molecule has 0 aliphatic heterocycles. The predicted molar refractivity (Wildman–Crippen MR) is 288 cm³/mol. The molecule has 0 fully saturated rings. The van der Waals surface area contributed by atoms with Crippen molar-refractivity contribution in [3.63, 3.8) is 0 Å². The van der Waals surface area contributed by atoms with Gasteiger partial charge in [-0.3, -0.25) is 23.4 Å². The van der Waals surface area contributed by atoms with Crippen molar-refractivity contribution in [3.8, 4) is 0 Å². The van der Waals surface area contributed by atoms with E-state index in [1.54, 1.807) is 0 Å². The van der Waals surface area contributed by atoms with E-state index in [9.17, 15) is 28.9 Å². The number of phosphoric ester groups is 1. The van der Waals surface area contributed by atoms with Crippen molar-refractivity contribution < 1.29 is 52.2 Å². The molecule has 12 heteroatoms. The number of esters is 3. The molecule has 70 heavy (non-hydrogen) atoms. The predicted octanol–water partition coefficient (Wildman–Crippen LogP) is 16.1. The topological polar surface area (TPSA) is 155 Å². The van der Waals surface area contributed by atoms with Gasteiger partial charge in [0.1, 0.15) is 12.7 Å². The fraction of sp³-hybridized carbons (Fsp3) is 0.741. The number of allylic oxidation sites excluding steroid dienone is 12. The molecule has 0 saturated carbocycles. The van der Waals surface area contributed by atoms with Crippen LogP contribution in [0.4, 0.5) is 0 Å². The fourth-order valence-corrected chi connectivity index (χ4v) is 8.23. The average molecular weight is 1010 g/mol. The number of hydrogen-bond donors (Lipinski definition) is 2. The summed E-state index contributed by atoms with van der Waals surface area (Å²) >= 11 is 0. The third-order valence-corrected chi connectivity index (χ3v) is 12.6. The summed E-state index contributed by atoms with van der Waals surface area (Å²) < 4.78 is 39.4. The molecule has 0 heterocycles. The summed E-state index contributed by atoms with van der Waals surface area (Å²) in [5, 5.41) is 9.79. The van der Waals surface area contributed by atoms with Gasteiger partial charge >= 0.3 is 25.7 Å². The quantitative estimate of drug-likeness (QED) is 0.0197. The van der Waals surface area contributed by atoms with Crippen LogP contribution in [0.5, 0.6) is 0 Å². The minimum atomic E-state index is -4.75. The summed E-state index contributed by atoms with van der Waals surface area (Å²) in [6.07, 6.45) is 57.2. The third kappa shape index (κ3) is 49.9. The molecule has 11 nitrogen and oxygen atoms in total.